The minimum Gasteiger partial charge on any atom is -0.481 e. The zero-order chi connectivity index (χ0) is 12.1. The second kappa shape index (κ2) is 6.35. The van der Waals surface area contributed by atoms with Crippen molar-refractivity contribution in [2.24, 2.45) is 5.92 Å². The monoisotopic (exact) mass is 308 g/mol. The first kappa shape index (κ1) is 13.6. The highest BCUT2D eigenvalue weighted by Crippen LogP contribution is 2.27. The van der Waals surface area contributed by atoms with E-state index in [0.29, 0.717) is 31.2 Å². The third-order valence-electron chi connectivity index (χ3n) is 2.57. The molecule has 5 heteroatoms. The van der Waals surface area contributed by atoms with Crippen molar-refractivity contribution >= 4 is 33.2 Å². The Hall–Kier alpha value is -0.420. The molecular weight excluding hydrogens is 295 g/mol. The van der Waals surface area contributed by atoms with Crippen LogP contribution in [-0.2, 0) is 11.2 Å². The van der Waals surface area contributed by atoms with E-state index in [1.807, 2.05) is 6.92 Å². The molecule has 90 valence electrons. The minimum atomic E-state index is -0.755. The summed E-state index contributed by atoms with van der Waals surface area (Å²) in [6.07, 6.45) is 2.56. The topological polar surface area (TPSA) is 37.3 Å². The summed E-state index contributed by atoms with van der Waals surface area (Å²) >= 11 is 4.30. The Kier molecular flexibility index (Phi) is 5.41. The Labute approximate surface area is 107 Å². The number of aliphatic carboxylic acids is 1. The van der Waals surface area contributed by atoms with E-state index in [-0.39, 0.29) is 11.0 Å². The molecule has 0 amide bonds. The number of rotatable bonds is 6. The lowest BCUT2D eigenvalue weighted by atomic mass is 9.98. The van der Waals surface area contributed by atoms with Gasteiger partial charge in [-0.3, -0.25) is 4.79 Å². The molecule has 0 bridgehead atoms. The minimum absolute atomic E-state index is 0.171. The average Bonchev–Trinajstić information content (AvgIpc) is 2.52. The molecule has 1 atom stereocenters. The van der Waals surface area contributed by atoms with Gasteiger partial charge in [0, 0.05) is 5.56 Å². The summed E-state index contributed by atoms with van der Waals surface area (Å²) in [5.41, 5.74) is 0.678. The Morgan fingerprint density at radius 1 is 1.69 bits per heavy atom. The van der Waals surface area contributed by atoms with Crippen LogP contribution in [0, 0.1) is 11.0 Å². The predicted molar refractivity (Wildman–Crippen MR) is 66.3 cm³/mol. The quantitative estimate of drug-likeness (QED) is 0.859. The maximum atomic E-state index is 13.2. The lowest BCUT2D eigenvalue weighted by molar-refractivity contribution is -0.142. The molecule has 1 unspecified atom stereocenters. The zero-order valence-corrected chi connectivity index (χ0v) is 11.4. The van der Waals surface area contributed by atoms with E-state index in [1.54, 1.807) is 6.07 Å². The highest BCUT2D eigenvalue weighted by Gasteiger charge is 2.15. The van der Waals surface area contributed by atoms with E-state index in [9.17, 15) is 9.18 Å². The van der Waals surface area contributed by atoms with E-state index in [1.165, 1.54) is 0 Å². The van der Waals surface area contributed by atoms with E-state index < -0.39 is 5.97 Å². The molecule has 0 fully saturated rings. The molecule has 0 aliphatic carbocycles. The zero-order valence-electron chi connectivity index (χ0n) is 9.00. The molecule has 2 nitrogen and oxygen atoms in total. The van der Waals surface area contributed by atoms with Crippen molar-refractivity contribution in [3.63, 3.8) is 0 Å². The van der Waals surface area contributed by atoms with E-state index in [0.717, 1.165) is 15.1 Å². The normalized spacial score (nSPS) is 12.7. The number of hydrogen-bond donors (Lipinski definition) is 1. The van der Waals surface area contributed by atoms with Crippen LogP contribution in [0.1, 0.15) is 31.7 Å². The largest absolute Gasteiger partial charge is 0.481 e. The van der Waals surface area contributed by atoms with Crippen LogP contribution in [0.25, 0.3) is 0 Å². The van der Waals surface area contributed by atoms with Gasteiger partial charge in [-0.2, -0.15) is 4.39 Å². The van der Waals surface area contributed by atoms with Crippen molar-refractivity contribution in [1.82, 2.24) is 0 Å². The van der Waals surface area contributed by atoms with Gasteiger partial charge in [-0.15, -0.1) is 0 Å². The Morgan fingerprint density at radius 3 is 2.81 bits per heavy atom. The first-order valence-electron chi connectivity index (χ1n) is 5.21. The molecule has 0 spiro atoms. The molecule has 0 aromatic carbocycles. The summed E-state index contributed by atoms with van der Waals surface area (Å²) in [6, 6.07) is 1.77. The lowest BCUT2D eigenvalue weighted by Crippen LogP contribution is -2.12. The van der Waals surface area contributed by atoms with Gasteiger partial charge < -0.3 is 5.11 Å². The highest BCUT2D eigenvalue weighted by atomic mass is 79.9. The van der Waals surface area contributed by atoms with Crippen LogP contribution >= 0.6 is 27.3 Å². The molecule has 0 saturated carbocycles. The first-order chi connectivity index (χ1) is 7.54. The Bertz CT molecular complexity index is 365. The number of carboxylic acid groups (broad SMARTS) is 1. The predicted octanol–water partition coefficient (Wildman–Crippen LogP) is 4.08. The van der Waals surface area contributed by atoms with Gasteiger partial charge in [-0.1, -0.05) is 18.3 Å². The van der Waals surface area contributed by atoms with Crippen molar-refractivity contribution in [2.45, 2.75) is 32.6 Å². The maximum absolute atomic E-state index is 13.2. The van der Waals surface area contributed by atoms with Gasteiger partial charge in [0.1, 0.15) is 0 Å². The Morgan fingerprint density at radius 2 is 2.38 bits per heavy atom. The summed E-state index contributed by atoms with van der Waals surface area (Å²) in [5.74, 6) is -1.06. The van der Waals surface area contributed by atoms with E-state index in [2.05, 4.69) is 15.9 Å². The number of aryl methyl sites for hydroxylation is 1. The van der Waals surface area contributed by atoms with Crippen LogP contribution in [-0.4, -0.2) is 11.1 Å². The Balaban J connectivity index is 2.40. The number of carbonyl (C=O) groups is 1. The molecule has 1 rings (SSSR count). The van der Waals surface area contributed by atoms with Crippen molar-refractivity contribution in [3.8, 4) is 0 Å². The van der Waals surface area contributed by atoms with Crippen LogP contribution in [0.15, 0.2) is 9.85 Å². The van der Waals surface area contributed by atoms with Crippen LogP contribution in [0.4, 0.5) is 4.39 Å². The van der Waals surface area contributed by atoms with Gasteiger partial charge >= 0.3 is 5.97 Å². The van der Waals surface area contributed by atoms with Gasteiger partial charge in [-0.05, 0) is 47.7 Å². The molecule has 0 aliphatic heterocycles. The SMILES string of the molecule is CCC(CCCc1cc(Br)sc1F)C(=O)O. The number of carboxylic acids is 1. The molecule has 0 radical (unpaired) electrons. The summed E-state index contributed by atoms with van der Waals surface area (Å²) in [4.78, 5) is 10.8. The smallest absolute Gasteiger partial charge is 0.306 e. The molecule has 1 N–H and O–H groups in total. The average molecular weight is 309 g/mol. The molecule has 16 heavy (non-hydrogen) atoms. The van der Waals surface area contributed by atoms with E-state index in [4.69, 9.17) is 5.11 Å². The molecule has 1 aromatic heterocycles. The summed E-state index contributed by atoms with van der Waals surface area (Å²) in [6.45, 7) is 1.86. The first-order valence-corrected chi connectivity index (χ1v) is 6.82. The van der Waals surface area contributed by atoms with Crippen LogP contribution in [0.3, 0.4) is 0 Å². The summed E-state index contributed by atoms with van der Waals surface area (Å²) in [7, 11) is 0. The summed E-state index contributed by atoms with van der Waals surface area (Å²) in [5, 5.41) is 8.68. The maximum Gasteiger partial charge on any atom is 0.306 e. The fourth-order valence-electron chi connectivity index (χ4n) is 1.59. The summed E-state index contributed by atoms with van der Waals surface area (Å²) < 4.78 is 14.0. The van der Waals surface area contributed by atoms with Crippen molar-refractivity contribution in [2.75, 3.05) is 0 Å². The van der Waals surface area contributed by atoms with Gasteiger partial charge in [0.15, 0.2) is 5.13 Å². The molecule has 1 heterocycles. The fourth-order valence-corrected chi connectivity index (χ4v) is 2.95. The third-order valence-corrected chi connectivity index (χ3v) is 4.04. The third kappa shape index (κ3) is 3.87. The van der Waals surface area contributed by atoms with Crippen LogP contribution in [0.5, 0.6) is 0 Å². The second-order valence-electron chi connectivity index (χ2n) is 3.69. The molecular formula is C11H14BrFO2S. The van der Waals surface area contributed by atoms with Gasteiger partial charge in [-0.25, -0.2) is 0 Å². The second-order valence-corrected chi connectivity index (χ2v) is 6.07. The molecule has 1 aromatic rings. The van der Waals surface area contributed by atoms with Gasteiger partial charge in [0.25, 0.3) is 0 Å². The van der Waals surface area contributed by atoms with Gasteiger partial charge in [0.05, 0.1) is 9.70 Å². The van der Waals surface area contributed by atoms with Gasteiger partial charge in [0.2, 0.25) is 0 Å². The van der Waals surface area contributed by atoms with E-state index >= 15 is 0 Å². The van der Waals surface area contributed by atoms with Crippen LogP contribution in [0.2, 0.25) is 0 Å². The fraction of sp³-hybridized carbons (Fsp3) is 0.545. The molecule has 0 aliphatic rings. The van der Waals surface area contributed by atoms with Crippen LogP contribution < -0.4 is 0 Å². The lowest BCUT2D eigenvalue weighted by Gasteiger charge is -2.08. The number of thiophene rings is 1. The highest BCUT2D eigenvalue weighted by molar-refractivity contribution is 9.11. The number of halogens is 2. The standard InChI is InChI=1S/C11H14BrFO2S/c1-2-7(11(14)15)4-3-5-8-6-9(12)16-10(8)13/h6-7H,2-5H2,1H3,(H,14,15). The van der Waals surface area contributed by atoms with Crippen molar-refractivity contribution in [1.29, 1.82) is 0 Å². The van der Waals surface area contributed by atoms with Crippen molar-refractivity contribution < 1.29 is 14.3 Å². The number of hydrogen-bond acceptors (Lipinski definition) is 2. The molecule has 0 saturated heterocycles. The van der Waals surface area contributed by atoms with Crippen molar-refractivity contribution in [3.05, 3.63) is 20.5 Å².